The van der Waals surface area contributed by atoms with E-state index in [1.54, 1.807) is 0 Å². The first-order valence-electron chi connectivity index (χ1n) is 8.15. The van der Waals surface area contributed by atoms with E-state index in [-0.39, 0.29) is 11.9 Å². The zero-order chi connectivity index (χ0) is 16.9. The molecule has 0 bridgehead atoms. The molecular weight excluding hydrogens is 292 g/mol. The van der Waals surface area contributed by atoms with Gasteiger partial charge in [0.15, 0.2) is 0 Å². The van der Waals surface area contributed by atoms with Crippen molar-refractivity contribution in [2.24, 2.45) is 5.92 Å². The number of hydrogen-bond donors (Lipinski definition) is 2. The SMILES string of the molecule is COC(=O)C1(NCc2cccc(NC(C)=O)c2)CCC(C)CC1. The number of ether oxygens (including phenoxy) is 1. The summed E-state index contributed by atoms with van der Waals surface area (Å²) in [5.74, 6) is 0.377. The number of carbonyl (C=O) groups is 2. The highest BCUT2D eigenvalue weighted by Gasteiger charge is 2.41. The molecule has 0 atom stereocenters. The van der Waals surface area contributed by atoms with Gasteiger partial charge in [-0.3, -0.25) is 14.9 Å². The summed E-state index contributed by atoms with van der Waals surface area (Å²) >= 11 is 0. The molecule has 0 heterocycles. The molecule has 0 aliphatic heterocycles. The summed E-state index contributed by atoms with van der Waals surface area (Å²) < 4.78 is 5.03. The molecule has 1 aliphatic carbocycles. The Labute approximate surface area is 137 Å². The summed E-state index contributed by atoms with van der Waals surface area (Å²) in [6, 6.07) is 7.65. The third-order valence-corrected chi connectivity index (χ3v) is 4.58. The lowest BCUT2D eigenvalue weighted by atomic mass is 9.77. The van der Waals surface area contributed by atoms with Crippen molar-refractivity contribution in [1.82, 2.24) is 5.32 Å². The molecule has 23 heavy (non-hydrogen) atoms. The van der Waals surface area contributed by atoms with Crippen molar-refractivity contribution in [3.63, 3.8) is 0 Å². The molecule has 1 fully saturated rings. The summed E-state index contributed by atoms with van der Waals surface area (Å²) in [5.41, 5.74) is 1.20. The minimum absolute atomic E-state index is 0.0950. The van der Waals surface area contributed by atoms with Crippen LogP contribution < -0.4 is 10.6 Å². The van der Waals surface area contributed by atoms with Crippen LogP contribution in [-0.2, 0) is 20.9 Å². The highest BCUT2D eigenvalue weighted by atomic mass is 16.5. The van der Waals surface area contributed by atoms with Crippen LogP contribution in [0, 0.1) is 5.92 Å². The van der Waals surface area contributed by atoms with E-state index < -0.39 is 5.54 Å². The average Bonchev–Trinajstić information content (AvgIpc) is 2.54. The summed E-state index contributed by atoms with van der Waals surface area (Å²) in [7, 11) is 1.45. The Balaban J connectivity index is 2.06. The van der Waals surface area contributed by atoms with Crippen molar-refractivity contribution in [2.75, 3.05) is 12.4 Å². The highest BCUT2D eigenvalue weighted by Crippen LogP contribution is 2.33. The van der Waals surface area contributed by atoms with E-state index in [1.165, 1.54) is 14.0 Å². The molecule has 0 radical (unpaired) electrons. The van der Waals surface area contributed by atoms with Crippen molar-refractivity contribution < 1.29 is 14.3 Å². The monoisotopic (exact) mass is 318 g/mol. The van der Waals surface area contributed by atoms with Gasteiger partial charge in [0.2, 0.25) is 5.91 Å². The number of anilines is 1. The highest BCUT2D eigenvalue weighted by molar-refractivity contribution is 5.88. The lowest BCUT2D eigenvalue weighted by molar-refractivity contribution is -0.150. The molecule has 1 amide bonds. The molecule has 1 aromatic rings. The van der Waals surface area contributed by atoms with Gasteiger partial charge in [-0.2, -0.15) is 0 Å². The van der Waals surface area contributed by atoms with Gasteiger partial charge in [-0.25, -0.2) is 0 Å². The molecule has 0 aromatic heterocycles. The minimum atomic E-state index is -0.592. The van der Waals surface area contributed by atoms with Crippen molar-refractivity contribution in [3.05, 3.63) is 29.8 Å². The molecule has 0 unspecified atom stereocenters. The normalized spacial score (nSPS) is 24.0. The fourth-order valence-electron chi connectivity index (χ4n) is 3.14. The van der Waals surface area contributed by atoms with Crippen LogP contribution in [0.4, 0.5) is 5.69 Å². The molecule has 0 saturated heterocycles. The number of esters is 1. The van der Waals surface area contributed by atoms with Crippen LogP contribution in [0.25, 0.3) is 0 Å². The average molecular weight is 318 g/mol. The maximum atomic E-state index is 12.3. The van der Waals surface area contributed by atoms with Gasteiger partial charge in [0.1, 0.15) is 5.54 Å². The molecule has 2 rings (SSSR count). The first-order valence-corrected chi connectivity index (χ1v) is 8.15. The predicted molar refractivity (Wildman–Crippen MR) is 90.0 cm³/mol. The fourth-order valence-corrected chi connectivity index (χ4v) is 3.14. The van der Waals surface area contributed by atoms with Crippen molar-refractivity contribution in [2.45, 2.75) is 51.6 Å². The Kier molecular flexibility index (Phi) is 5.77. The number of nitrogens with one attached hydrogen (secondary N) is 2. The van der Waals surface area contributed by atoms with Gasteiger partial charge in [0.05, 0.1) is 7.11 Å². The molecule has 126 valence electrons. The smallest absolute Gasteiger partial charge is 0.326 e. The van der Waals surface area contributed by atoms with Gasteiger partial charge < -0.3 is 10.1 Å². The van der Waals surface area contributed by atoms with E-state index >= 15 is 0 Å². The maximum Gasteiger partial charge on any atom is 0.326 e. The van der Waals surface area contributed by atoms with Gasteiger partial charge in [0.25, 0.3) is 0 Å². The van der Waals surface area contributed by atoms with E-state index in [0.717, 1.165) is 36.9 Å². The number of benzene rings is 1. The molecule has 0 spiro atoms. The van der Waals surface area contributed by atoms with Crippen molar-refractivity contribution in [1.29, 1.82) is 0 Å². The van der Waals surface area contributed by atoms with Gasteiger partial charge in [-0.1, -0.05) is 19.1 Å². The summed E-state index contributed by atoms with van der Waals surface area (Å²) in [6.07, 6.45) is 3.64. The first kappa shape index (κ1) is 17.5. The summed E-state index contributed by atoms with van der Waals surface area (Å²) in [6.45, 7) is 4.27. The number of carbonyl (C=O) groups excluding carboxylic acids is 2. The van der Waals surface area contributed by atoms with Gasteiger partial charge in [-0.15, -0.1) is 0 Å². The van der Waals surface area contributed by atoms with E-state index in [2.05, 4.69) is 17.6 Å². The topological polar surface area (TPSA) is 67.4 Å². The number of methoxy groups -OCH3 is 1. The molecule has 5 heteroatoms. The zero-order valence-corrected chi connectivity index (χ0v) is 14.1. The Morgan fingerprint density at radius 2 is 2.00 bits per heavy atom. The molecular formula is C18H26N2O3. The first-order chi connectivity index (χ1) is 10.9. The quantitative estimate of drug-likeness (QED) is 0.819. The fraction of sp³-hybridized carbons (Fsp3) is 0.556. The van der Waals surface area contributed by atoms with Crippen LogP contribution in [-0.4, -0.2) is 24.5 Å². The van der Waals surface area contributed by atoms with Crippen LogP contribution in [0.2, 0.25) is 0 Å². The second kappa shape index (κ2) is 7.59. The van der Waals surface area contributed by atoms with Gasteiger partial charge in [0, 0.05) is 19.2 Å². The minimum Gasteiger partial charge on any atom is -0.468 e. The van der Waals surface area contributed by atoms with Gasteiger partial charge in [-0.05, 0) is 49.3 Å². The van der Waals surface area contributed by atoms with E-state index in [0.29, 0.717) is 12.5 Å². The van der Waals surface area contributed by atoms with Gasteiger partial charge >= 0.3 is 5.97 Å². The summed E-state index contributed by atoms with van der Waals surface area (Å²) in [5, 5.41) is 6.19. The van der Waals surface area contributed by atoms with Crippen molar-refractivity contribution >= 4 is 17.6 Å². The Morgan fingerprint density at radius 1 is 1.30 bits per heavy atom. The lowest BCUT2D eigenvalue weighted by Gasteiger charge is -2.37. The molecule has 2 N–H and O–H groups in total. The van der Waals surface area contributed by atoms with E-state index in [9.17, 15) is 9.59 Å². The van der Waals surface area contributed by atoms with Crippen LogP contribution >= 0.6 is 0 Å². The number of rotatable bonds is 5. The zero-order valence-electron chi connectivity index (χ0n) is 14.1. The van der Waals surface area contributed by atoms with Crippen molar-refractivity contribution in [3.8, 4) is 0 Å². The maximum absolute atomic E-state index is 12.3. The second-order valence-electron chi connectivity index (χ2n) is 6.49. The number of amides is 1. The van der Waals surface area contributed by atoms with Crippen LogP contribution in [0.3, 0.4) is 0 Å². The largest absolute Gasteiger partial charge is 0.468 e. The van der Waals surface area contributed by atoms with Crippen LogP contribution in [0.1, 0.15) is 45.1 Å². The van der Waals surface area contributed by atoms with E-state index in [4.69, 9.17) is 4.74 Å². The van der Waals surface area contributed by atoms with Crippen LogP contribution in [0.15, 0.2) is 24.3 Å². The summed E-state index contributed by atoms with van der Waals surface area (Å²) in [4.78, 5) is 23.4. The second-order valence-corrected chi connectivity index (χ2v) is 6.49. The molecule has 1 aromatic carbocycles. The Morgan fingerprint density at radius 3 is 2.61 bits per heavy atom. The Bertz CT molecular complexity index is 563. The molecule has 1 saturated carbocycles. The Hall–Kier alpha value is -1.88. The lowest BCUT2D eigenvalue weighted by Crippen LogP contribution is -2.54. The number of hydrogen-bond acceptors (Lipinski definition) is 4. The molecule has 5 nitrogen and oxygen atoms in total. The van der Waals surface area contributed by atoms with E-state index in [1.807, 2.05) is 24.3 Å². The standard InChI is InChI=1S/C18H26N2O3/c1-13-7-9-18(10-8-13,17(22)23-3)19-12-15-5-4-6-16(11-15)20-14(2)21/h4-6,11,13,19H,7-10,12H2,1-3H3,(H,20,21). The third kappa shape index (κ3) is 4.55. The molecule has 1 aliphatic rings. The predicted octanol–water partition coefficient (Wildman–Crippen LogP) is 2.86. The third-order valence-electron chi connectivity index (χ3n) is 4.58. The van der Waals surface area contributed by atoms with Crippen LogP contribution in [0.5, 0.6) is 0 Å².